The number of rotatable bonds is 5. The van der Waals surface area contributed by atoms with Crippen LogP contribution in [0.4, 0.5) is 0 Å². The molecule has 21 heavy (non-hydrogen) atoms. The summed E-state index contributed by atoms with van der Waals surface area (Å²) in [6.07, 6.45) is 0.773. The van der Waals surface area contributed by atoms with Crippen molar-refractivity contribution < 1.29 is 0 Å². The SMILES string of the molecule is [CH2]N[C@@H](Cc1ccc(-c2ccccc2)cc1)c1nnn[nH]1. The van der Waals surface area contributed by atoms with E-state index in [4.69, 9.17) is 0 Å². The molecule has 105 valence electrons. The number of aromatic amines is 1. The van der Waals surface area contributed by atoms with Gasteiger partial charge in [0, 0.05) is 7.05 Å². The Hall–Kier alpha value is -2.53. The summed E-state index contributed by atoms with van der Waals surface area (Å²) >= 11 is 0. The van der Waals surface area contributed by atoms with Crippen LogP contribution < -0.4 is 5.32 Å². The summed E-state index contributed by atoms with van der Waals surface area (Å²) in [6.45, 7) is 0. The third-order valence-corrected chi connectivity index (χ3v) is 3.44. The topological polar surface area (TPSA) is 66.5 Å². The van der Waals surface area contributed by atoms with E-state index in [1.807, 2.05) is 18.2 Å². The summed E-state index contributed by atoms with van der Waals surface area (Å²) < 4.78 is 0. The maximum Gasteiger partial charge on any atom is 0.165 e. The van der Waals surface area contributed by atoms with E-state index in [-0.39, 0.29) is 6.04 Å². The second-order valence-electron chi connectivity index (χ2n) is 4.81. The zero-order chi connectivity index (χ0) is 14.5. The van der Waals surface area contributed by atoms with Gasteiger partial charge in [0.1, 0.15) is 0 Å². The summed E-state index contributed by atoms with van der Waals surface area (Å²) in [5.41, 5.74) is 3.63. The summed E-state index contributed by atoms with van der Waals surface area (Å²) in [6, 6.07) is 18.8. The highest BCUT2D eigenvalue weighted by Crippen LogP contribution is 2.21. The average Bonchev–Trinajstić information content (AvgIpc) is 3.08. The van der Waals surface area contributed by atoms with Crippen molar-refractivity contribution in [1.29, 1.82) is 0 Å². The van der Waals surface area contributed by atoms with Gasteiger partial charge in [-0.15, -0.1) is 5.10 Å². The van der Waals surface area contributed by atoms with Crippen molar-refractivity contribution in [3.63, 3.8) is 0 Å². The van der Waals surface area contributed by atoms with Gasteiger partial charge in [-0.25, -0.2) is 5.10 Å². The maximum absolute atomic E-state index is 3.93. The predicted molar refractivity (Wildman–Crippen MR) is 81.0 cm³/mol. The van der Waals surface area contributed by atoms with Gasteiger partial charge in [-0.05, 0) is 33.5 Å². The minimum absolute atomic E-state index is 0.0254. The lowest BCUT2D eigenvalue weighted by atomic mass is 10.0. The molecular formula is C16H16N5. The van der Waals surface area contributed by atoms with Gasteiger partial charge in [0.2, 0.25) is 0 Å². The molecule has 0 fully saturated rings. The van der Waals surface area contributed by atoms with Crippen LogP contribution in [0.1, 0.15) is 17.4 Å². The van der Waals surface area contributed by atoms with Crippen molar-refractivity contribution in [2.75, 3.05) is 0 Å². The van der Waals surface area contributed by atoms with Gasteiger partial charge in [0.25, 0.3) is 0 Å². The Kier molecular flexibility index (Phi) is 4.02. The average molecular weight is 278 g/mol. The number of nitrogens with one attached hydrogen (secondary N) is 2. The lowest BCUT2D eigenvalue weighted by molar-refractivity contribution is 0.579. The molecule has 0 saturated heterocycles. The van der Waals surface area contributed by atoms with E-state index in [9.17, 15) is 0 Å². The third-order valence-electron chi connectivity index (χ3n) is 3.44. The van der Waals surface area contributed by atoms with Crippen LogP contribution in [0.2, 0.25) is 0 Å². The number of benzene rings is 2. The molecular weight excluding hydrogens is 262 g/mol. The molecule has 2 N–H and O–H groups in total. The van der Waals surface area contributed by atoms with E-state index in [1.165, 1.54) is 16.7 Å². The van der Waals surface area contributed by atoms with E-state index >= 15 is 0 Å². The smallest absolute Gasteiger partial charge is 0.165 e. The van der Waals surface area contributed by atoms with E-state index < -0.39 is 0 Å². The Balaban J connectivity index is 1.75. The first kappa shape index (κ1) is 13.5. The second kappa shape index (κ2) is 6.28. The van der Waals surface area contributed by atoms with Crippen molar-refractivity contribution in [1.82, 2.24) is 25.9 Å². The lowest BCUT2D eigenvalue weighted by Gasteiger charge is -2.12. The van der Waals surface area contributed by atoms with Crippen LogP contribution in [-0.4, -0.2) is 20.6 Å². The molecule has 1 heterocycles. The van der Waals surface area contributed by atoms with Gasteiger partial charge in [-0.3, -0.25) is 0 Å². The highest BCUT2D eigenvalue weighted by atomic mass is 15.5. The number of hydrogen-bond acceptors (Lipinski definition) is 4. The molecule has 2 aromatic carbocycles. The Morgan fingerprint density at radius 2 is 1.71 bits per heavy atom. The molecule has 5 nitrogen and oxygen atoms in total. The van der Waals surface area contributed by atoms with E-state index in [0.29, 0.717) is 5.82 Å². The molecule has 0 spiro atoms. The molecule has 0 amide bonds. The molecule has 0 bridgehead atoms. The fourth-order valence-electron chi connectivity index (χ4n) is 2.28. The second-order valence-corrected chi connectivity index (χ2v) is 4.81. The molecule has 0 aliphatic carbocycles. The monoisotopic (exact) mass is 278 g/mol. The molecule has 0 aliphatic rings. The van der Waals surface area contributed by atoms with Crippen LogP contribution in [0.25, 0.3) is 11.1 Å². The molecule has 0 saturated carbocycles. The van der Waals surface area contributed by atoms with Gasteiger partial charge in [0.05, 0.1) is 6.04 Å². The normalized spacial score (nSPS) is 12.2. The Labute approximate surface area is 123 Å². The van der Waals surface area contributed by atoms with Crippen molar-refractivity contribution in [2.45, 2.75) is 12.5 Å². The summed E-state index contributed by atoms with van der Waals surface area (Å²) in [5, 5.41) is 16.9. The number of aromatic nitrogens is 4. The zero-order valence-electron chi connectivity index (χ0n) is 11.5. The van der Waals surface area contributed by atoms with Gasteiger partial charge in [0.15, 0.2) is 5.82 Å². The van der Waals surface area contributed by atoms with Gasteiger partial charge >= 0.3 is 0 Å². The molecule has 1 radical (unpaired) electrons. The molecule has 3 rings (SSSR count). The molecule has 0 unspecified atom stereocenters. The first-order chi connectivity index (χ1) is 10.4. The van der Waals surface area contributed by atoms with Gasteiger partial charge in [-0.2, -0.15) is 0 Å². The number of nitrogens with zero attached hydrogens (tertiary/aromatic N) is 3. The van der Waals surface area contributed by atoms with Crippen LogP contribution in [0.3, 0.4) is 0 Å². The predicted octanol–water partition coefficient (Wildman–Crippen LogP) is 2.53. The zero-order valence-corrected chi connectivity index (χ0v) is 11.5. The fourth-order valence-corrected chi connectivity index (χ4v) is 2.28. The molecule has 0 aliphatic heterocycles. The lowest BCUT2D eigenvalue weighted by Crippen LogP contribution is -2.18. The highest BCUT2D eigenvalue weighted by Gasteiger charge is 2.13. The quantitative estimate of drug-likeness (QED) is 0.752. The largest absolute Gasteiger partial charge is 0.306 e. The fraction of sp³-hybridized carbons (Fsp3) is 0.125. The van der Waals surface area contributed by atoms with E-state index in [1.54, 1.807) is 0 Å². The first-order valence-corrected chi connectivity index (χ1v) is 6.77. The van der Waals surface area contributed by atoms with E-state index in [0.717, 1.165) is 6.42 Å². The van der Waals surface area contributed by atoms with Crippen molar-refractivity contribution in [3.05, 3.63) is 73.0 Å². The number of tetrazole rings is 1. The minimum atomic E-state index is -0.0254. The van der Waals surface area contributed by atoms with E-state index in [2.05, 4.69) is 69.4 Å². The number of hydrogen-bond donors (Lipinski definition) is 2. The molecule has 1 aromatic heterocycles. The van der Waals surface area contributed by atoms with Crippen molar-refractivity contribution in [2.24, 2.45) is 0 Å². The van der Waals surface area contributed by atoms with Crippen LogP contribution in [0.15, 0.2) is 54.6 Å². The van der Waals surface area contributed by atoms with Gasteiger partial charge < -0.3 is 5.32 Å². The van der Waals surface area contributed by atoms with Gasteiger partial charge in [-0.1, -0.05) is 54.6 Å². The summed E-state index contributed by atoms with van der Waals surface area (Å²) in [5.74, 6) is 0.692. The maximum atomic E-state index is 3.93. The Morgan fingerprint density at radius 3 is 2.33 bits per heavy atom. The molecule has 5 heteroatoms. The minimum Gasteiger partial charge on any atom is -0.306 e. The third kappa shape index (κ3) is 3.14. The Morgan fingerprint density at radius 1 is 1.00 bits per heavy atom. The number of H-pyrrole nitrogens is 1. The van der Waals surface area contributed by atoms with Crippen molar-refractivity contribution >= 4 is 0 Å². The van der Waals surface area contributed by atoms with Crippen LogP contribution in [0.5, 0.6) is 0 Å². The highest BCUT2D eigenvalue weighted by molar-refractivity contribution is 5.63. The first-order valence-electron chi connectivity index (χ1n) is 6.77. The standard InChI is InChI=1S/C16H16N5/c1-17-15(16-18-20-21-19-16)11-12-7-9-14(10-8-12)13-5-3-2-4-6-13/h2-10,15,17H,1,11H2,(H,18,19,20,21)/t15-/m0/s1. The van der Waals surface area contributed by atoms with Crippen LogP contribution in [-0.2, 0) is 6.42 Å². The summed E-state index contributed by atoms with van der Waals surface area (Å²) in [7, 11) is 3.74. The Bertz CT molecular complexity index is 662. The molecule has 3 aromatic rings. The van der Waals surface area contributed by atoms with Crippen molar-refractivity contribution in [3.8, 4) is 11.1 Å². The van der Waals surface area contributed by atoms with Crippen LogP contribution >= 0.6 is 0 Å². The summed E-state index contributed by atoms with van der Waals surface area (Å²) in [4.78, 5) is 0. The van der Waals surface area contributed by atoms with Crippen LogP contribution in [0, 0.1) is 7.05 Å². The molecule has 1 atom stereocenters.